The van der Waals surface area contributed by atoms with Crippen LogP contribution in [0.1, 0.15) is 21.2 Å². The summed E-state index contributed by atoms with van der Waals surface area (Å²) < 4.78 is 27.6. The molecular weight excluding hydrogens is 328 g/mol. The fourth-order valence-corrected chi connectivity index (χ4v) is 6.39. The number of sulfonamides is 1. The third-order valence-corrected chi connectivity index (χ3v) is 7.60. The molecule has 23 heavy (non-hydrogen) atoms. The number of hydrogen-bond donors (Lipinski definition) is 1. The summed E-state index contributed by atoms with van der Waals surface area (Å²) in [6.07, 6.45) is 0. The number of benzene rings is 1. The van der Waals surface area contributed by atoms with Crippen LogP contribution in [-0.2, 0) is 10.0 Å². The summed E-state index contributed by atoms with van der Waals surface area (Å²) in [4.78, 5) is 2.33. The molecule has 1 saturated heterocycles. The quantitative estimate of drug-likeness (QED) is 0.922. The van der Waals surface area contributed by atoms with Crippen molar-refractivity contribution >= 4 is 21.4 Å². The highest BCUT2D eigenvalue weighted by Gasteiger charge is 2.40. The van der Waals surface area contributed by atoms with Gasteiger partial charge in [-0.15, -0.1) is 11.3 Å². The Balaban J connectivity index is 1.92. The maximum atomic E-state index is 13.0. The topological polar surface area (TPSA) is 63.4 Å². The standard InChI is InChI=1S/C17H22N2O2S2/c1-12-8-17(13(2)22-12)23(20,21)19-10-15(9-18)16(11-19)14-6-4-3-5-7-14/h3-8,15-16H,9-11,18H2,1-2H3/t15-,16+/m1/s1. The molecule has 1 aliphatic heterocycles. The lowest BCUT2D eigenvalue weighted by molar-refractivity contribution is 0.459. The van der Waals surface area contributed by atoms with Crippen molar-refractivity contribution in [2.24, 2.45) is 11.7 Å². The van der Waals surface area contributed by atoms with E-state index in [1.165, 1.54) is 16.9 Å². The minimum Gasteiger partial charge on any atom is -0.330 e. The highest BCUT2D eigenvalue weighted by Crippen LogP contribution is 2.37. The number of nitrogens with two attached hydrogens (primary N) is 1. The second-order valence-corrected chi connectivity index (χ2v) is 9.48. The van der Waals surface area contributed by atoms with E-state index in [-0.39, 0.29) is 11.8 Å². The lowest BCUT2D eigenvalue weighted by atomic mass is 9.89. The Morgan fingerprint density at radius 1 is 1.22 bits per heavy atom. The lowest BCUT2D eigenvalue weighted by Gasteiger charge is -2.17. The van der Waals surface area contributed by atoms with Crippen molar-refractivity contribution in [1.29, 1.82) is 0 Å². The molecule has 1 aromatic heterocycles. The van der Waals surface area contributed by atoms with Gasteiger partial charge in [0.2, 0.25) is 10.0 Å². The van der Waals surface area contributed by atoms with E-state index in [1.54, 1.807) is 10.4 Å². The molecule has 2 aromatic rings. The minimum absolute atomic E-state index is 0.159. The summed E-state index contributed by atoms with van der Waals surface area (Å²) in [7, 11) is -3.44. The average Bonchev–Trinajstić information content (AvgIpc) is 3.12. The van der Waals surface area contributed by atoms with E-state index < -0.39 is 10.0 Å². The summed E-state index contributed by atoms with van der Waals surface area (Å²) in [6.45, 7) is 5.30. The Kier molecular flexibility index (Phi) is 4.60. The first-order valence-electron chi connectivity index (χ1n) is 7.75. The SMILES string of the molecule is Cc1cc(S(=O)(=O)N2C[C@@H](CN)[C@H](c3ccccc3)C2)c(C)s1. The third-order valence-electron chi connectivity index (χ3n) is 4.55. The highest BCUT2D eigenvalue weighted by molar-refractivity contribution is 7.89. The predicted octanol–water partition coefficient (Wildman–Crippen LogP) is 2.73. The number of aryl methyl sites for hydroxylation is 2. The van der Waals surface area contributed by atoms with Gasteiger partial charge in [0.25, 0.3) is 0 Å². The van der Waals surface area contributed by atoms with Crippen LogP contribution in [0.5, 0.6) is 0 Å². The van der Waals surface area contributed by atoms with E-state index in [0.29, 0.717) is 24.5 Å². The van der Waals surface area contributed by atoms with Crippen LogP contribution in [0.2, 0.25) is 0 Å². The monoisotopic (exact) mass is 350 g/mol. The van der Waals surface area contributed by atoms with Gasteiger partial charge in [0.15, 0.2) is 0 Å². The van der Waals surface area contributed by atoms with Crippen LogP contribution < -0.4 is 5.73 Å². The molecule has 6 heteroatoms. The summed E-state index contributed by atoms with van der Waals surface area (Å²) in [5.41, 5.74) is 7.09. The number of nitrogens with zero attached hydrogens (tertiary/aromatic N) is 1. The smallest absolute Gasteiger partial charge is 0.244 e. The van der Waals surface area contributed by atoms with Crippen LogP contribution in [-0.4, -0.2) is 32.4 Å². The molecule has 0 saturated carbocycles. The molecule has 2 heterocycles. The van der Waals surface area contributed by atoms with Crippen molar-refractivity contribution in [2.75, 3.05) is 19.6 Å². The van der Waals surface area contributed by atoms with Crippen molar-refractivity contribution in [2.45, 2.75) is 24.7 Å². The fourth-order valence-electron chi connectivity index (χ4n) is 3.35. The Morgan fingerprint density at radius 3 is 2.48 bits per heavy atom. The molecule has 1 aliphatic rings. The molecule has 1 aromatic carbocycles. The lowest BCUT2D eigenvalue weighted by Crippen LogP contribution is -2.30. The second-order valence-electron chi connectivity index (χ2n) is 6.11. The first kappa shape index (κ1) is 16.6. The summed E-state index contributed by atoms with van der Waals surface area (Å²) in [6, 6.07) is 11.9. The van der Waals surface area contributed by atoms with Crippen LogP contribution in [0.3, 0.4) is 0 Å². The van der Waals surface area contributed by atoms with Crippen molar-refractivity contribution in [3.63, 3.8) is 0 Å². The first-order valence-corrected chi connectivity index (χ1v) is 10.0. The highest BCUT2D eigenvalue weighted by atomic mass is 32.2. The van der Waals surface area contributed by atoms with Crippen molar-refractivity contribution in [1.82, 2.24) is 4.31 Å². The predicted molar refractivity (Wildman–Crippen MR) is 94.3 cm³/mol. The average molecular weight is 351 g/mol. The Bertz CT molecular complexity index is 784. The molecule has 0 amide bonds. The zero-order chi connectivity index (χ0) is 16.6. The molecule has 124 valence electrons. The fraction of sp³-hybridized carbons (Fsp3) is 0.412. The second kappa shape index (κ2) is 6.36. The molecule has 0 aliphatic carbocycles. The first-order chi connectivity index (χ1) is 10.9. The summed E-state index contributed by atoms with van der Waals surface area (Å²) in [5.74, 6) is 0.322. The summed E-state index contributed by atoms with van der Waals surface area (Å²) >= 11 is 1.53. The van der Waals surface area contributed by atoms with Crippen LogP contribution in [0.25, 0.3) is 0 Å². The Labute approximate surface area is 142 Å². The Morgan fingerprint density at radius 2 is 1.91 bits per heavy atom. The largest absolute Gasteiger partial charge is 0.330 e. The third kappa shape index (κ3) is 3.08. The van der Waals surface area contributed by atoms with Gasteiger partial charge in [-0.25, -0.2) is 8.42 Å². The molecule has 0 spiro atoms. The van der Waals surface area contributed by atoms with Gasteiger partial charge in [-0.05, 0) is 37.9 Å². The van der Waals surface area contributed by atoms with Gasteiger partial charge in [-0.1, -0.05) is 30.3 Å². The number of thiophene rings is 1. The molecule has 0 radical (unpaired) electrons. The molecule has 1 fully saturated rings. The molecular formula is C17H22N2O2S2. The maximum absolute atomic E-state index is 13.0. The van der Waals surface area contributed by atoms with Crippen LogP contribution in [0, 0.1) is 19.8 Å². The maximum Gasteiger partial charge on any atom is 0.244 e. The van der Waals surface area contributed by atoms with Crippen molar-refractivity contribution in [3.8, 4) is 0 Å². The normalized spacial score (nSPS) is 22.6. The van der Waals surface area contributed by atoms with Gasteiger partial charge >= 0.3 is 0 Å². The van der Waals surface area contributed by atoms with Gasteiger partial charge in [0.1, 0.15) is 0 Å². The molecule has 0 bridgehead atoms. The minimum atomic E-state index is -3.44. The molecule has 2 atom stereocenters. The zero-order valence-electron chi connectivity index (χ0n) is 13.4. The molecule has 4 nitrogen and oxygen atoms in total. The Hall–Kier alpha value is -1.21. The van der Waals surface area contributed by atoms with E-state index >= 15 is 0 Å². The summed E-state index contributed by atoms with van der Waals surface area (Å²) in [5, 5.41) is 0. The van der Waals surface area contributed by atoms with Gasteiger partial charge in [-0.2, -0.15) is 4.31 Å². The van der Waals surface area contributed by atoms with Gasteiger partial charge < -0.3 is 5.73 Å². The van der Waals surface area contributed by atoms with Crippen molar-refractivity contribution in [3.05, 3.63) is 51.7 Å². The van der Waals surface area contributed by atoms with Gasteiger partial charge in [-0.3, -0.25) is 0 Å². The van der Waals surface area contributed by atoms with E-state index in [0.717, 1.165) is 9.75 Å². The number of rotatable bonds is 4. The van der Waals surface area contributed by atoms with Gasteiger partial charge in [0, 0.05) is 28.8 Å². The zero-order valence-corrected chi connectivity index (χ0v) is 15.0. The van der Waals surface area contributed by atoms with Crippen LogP contribution >= 0.6 is 11.3 Å². The number of hydrogen-bond acceptors (Lipinski definition) is 4. The van der Waals surface area contributed by atoms with Crippen molar-refractivity contribution < 1.29 is 8.42 Å². The van der Waals surface area contributed by atoms with E-state index in [2.05, 4.69) is 12.1 Å². The van der Waals surface area contributed by atoms with E-state index in [4.69, 9.17) is 5.73 Å². The van der Waals surface area contributed by atoms with E-state index in [9.17, 15) is 8.42 Å². The van der Waals surface area contributed by atoms with Gasteiger partial charge in [0.05, 0.1) is 4.90 Å². The molecule has 0 unspecified atom stereocenters. The van der Waals surface area contributed by atoms with E-state index in [1.807, 2.05) is 32.0 Å². The van der Waals surface area contributed by atoms with Crippen LogP contribution in [0.4, 0.5) is 0 Å². The molecule has 2 N–H and O–H groups in total. The molecule has 3 rings (SSSR count). The van der Waals surface area contributed by atoms with Crippen LogP contribution in [0.15, 0.2) is 41.3 Å².